The highest BCUT2D eigenvalue weighted by atomic mass is 15.0. The Balaban J connectivity index is 2.53. The van der Waals surface area contributed by atoms with Gasteiger partial charge in [-0.05, 0) is 32.0 Å². The van der Waals surface area contributed by atoms with Crippen LogP contribution in [0, 0.1) is 0 Å². The lowest BCUT2D eigenvalue weighted by Gasteiger charge is -2.06. The predicted molar refractivity (Wildman–Crippen MR) is 62.5 cm³/mol. The molecule has 15 heavy (non-hydrogen) atoms. The third kappa shape index (κ3) is 2.07. The van der Waals surface area contributed by atoms with Crippen LogP contribution in [0.25, 0.3) is 11.3 Å². The first-order chi connectivity index (χ1) is 7.29. The van der Waals surface area contributed by atoms with Crippen LogP contribution in [0.4, 0.5) is 0 Å². The van der Waals surface area contributed by atoms with Crippen molar-refractivity contribution in [2.45, 2.75) is 19.9 Å². The smallest absolute Gasteiger partial charge is 0.196 e. The molecule has 1 nitrogen and oxygen atoms in total. The average Bonchev–Trinajstić information content (AvgIpc) is 2.30. The van der Waals surface area contributed by atoms with E-state index < -0.39 is 0 Å². The lowest BCUT2D eigenvalue weighted by molar-refractivity contribution is -0.705. The van der Waals surface area contributed by atoms with E-state index in [1.54, 1.807) is 0 Å². The van der Waals surface area contributed by atoms with Gasteiger partial charge in [0.05, 0.1) is 0 Å². The fourth-order valence-electron chi connectivity index (χ4n) is 1.76. The van der Waals surface area contributed by atoms with Crippen molar-refractivity contribution in [3.05, 3.63) is 54.7 Å². The van der Waals surface area contributed by atoms with Gasteiger partial charge in [-0.3, -0.25) is 0 Å². The average molecular weight is 198 g/mol. The number of aromatic nitrogens is 1. The standard InChI is InChI=1S/C14H16N/c1-12(2)15-11-7-6-10-14(15)13-8-4-3-5-9-13/h3-12H,1-2H3/q+1. The van der Waals surface area contributed by atoms with Crippen molar-refractivity contribution in [1.29, 1.82) is 0 Å². The predicted octanol–water partition coefficient (Wildman–Crippen LogP) is 3.22. The lowest BCUT2D eigenvalue weighted by Crippen LogP contribution is -2.37. The van der Waals surface area contributed by atoms with Crippen LogP contribution in [-0.2, 0) is 0 Å². The number of pyridine rings is 1. The molecule has 0 amide bonds. The van der Waals surface area contributed by atoms with Crippen LogP contribution in [0.15, 0.2) is 54.7 Å². The summed E-state index contributed by atoms with van der Waals surface area (Å²) in [5, 5.41) is 0. The number of rotatable bonds is 2. The van der Waals surface area contributed by atoms with E-state index in [1.165, 1.54) is 11.3 Å². The Hall–Kier alpha value is -1.63. The Morgan fingerprint density at radius 3 is 2.20 bits per heavy atom. The van der Waals surface area contributed by atoms with Crippen LogP contribution in [-0.4, -0.2) is 0 Å². The van der Waals surface area contributed by atoms with E-state index in [1.807, 2.05) is 6.07 Å². The van der Waals surface area contributed by atoms with E-state index in [-0.39, 0.29) is 0 Å². The molecule has 0 saturated carbocycles. The van der Waals surface area contributed by atoms with Crippen molar-refractivity contribution in [2.24, 2.45) is 0 Å². The summed E-state index contributed by atoms with van der Waals surface area (Å²) in [7, 11) is 0. The zero-order valence-corrected chi connectivity index (χ0v) is 9.22. The first-order valence-electron chi connectivity index (χ1n) is 5.34. The van der Waals surface area contributed by atoms with Crippen molar-refractivity contribution in [1.82, 2.24) is 0 Å². The molecule has 0 saturated heterocycles. The molecule has 1 heteroatoms. The third-order valence-electron chi connectivity index (χ3n) is 2.52. The molecule has 0 unspecified atom stereocenters. The van der Waals surface area contributed by atoms with E-state index >= 15 is 0 Å². The fourth-order valence-corrected chi connectivity index (χ4v) is 1.76. The maximum atomic E-state index is 2.29. The molecule has 2 rings (SSSR count). The minimum Gasteiger partial charge on any atom is -0.196 e. The molecular formula is C14H16N+. The normalized spacial score (nSPS) is 10.6. The second-order valence-corrected chi connectivity index (χ2v) is 3.95. The monoisotopic (exact) mass is 198 g/mol. The topological polar surface area (TPSA) is 3.88 Å². The maximum absolute atomic E-state index is 2.29. The minimum absolute atomic E-state index is 0.487. The fraction of sp³-hybridized carbons (Fsp3) is 0.214. The van der Waals surface area contributed by atoms with E-state index in [0.29, 0.717) is 6.04 Å². The van der Waals surface area contributed by atoms with Gasteiger partial charge in [0, 0.05) is 17.7 Å². The van der Waals surface area contributed by atoms with Gasteiger partial charge in [-0.1, -0.05) is 18.2 Å². The summed E-state index contributed by atoms with van der Waals surface area (Å²) in [6.07, 6.45) is 2.13. The van der Waals surface area contributed by atoms with E-state index in [4.69, 9.17) is 0 Å². The summed E-state index contributed by atoms with van der Waals surface area (Å²) in [6, 6.07) is 17.3. The zero-order valence-electron chi connectivity index (χ0n) is 9.22. The van der Waals surface area contributed by atoms with Crippen molar-refractivity contribution >= 4 is 0 Å². The molecule has 0 spiro atoms. The molecule has 0 aliphatic rings. The largest absolute Gasteiger partial charge is 0.212 e. The number of nitrogens with zero attached hydrogens (tertiary/aromatic N) is 1. The first-order valence-corrected chi connectivity index (χ1v) is 5.34. The van der Waals surface area contributed by atoms with Crippen molar-refractivity contribution < 1.29 is 4.57 Å². The van der Waals surface area contributed by atoms with Gasteiger partial charge in [0.2, 0.25) is 5.69 Å². The number of benzene rings is 1. The molecule has 0 atom stereocenters. The maximum Gasteiger partial charge on any atom is 0.212 e. The van der Waals surface area contributed by atoms with Gasteiger partial charge in [-0.2, -0.15) is 4.57 Å². The molecule has 1 aromatic heterocycles. The molecule has 0 bridgehead atoms. The molecule has 76 valence electrons. The summed E-state index contributed by atoms with van der Waals surface area (Å²) in [5.41, 5.74) is 2.54. The summed E-state index contributed by atoms with van der Waals surface area (Å²) < 4.78 is 2.29. The molecule has 1 heterocycles. The highest BCUT2D eigenvalue weighted by molar-refractivity contribution is 5.55. The van der Waals surface area contributed by atoms with Crippen molar-refractivity contribution in [3.63, 3.8) is 0 Å². The van der Waals surface area contributed by atoms with Crippen LogP contribution in [0.2, 0.25) is 0 Å². The molecule has 0 aliphatic carbocycles. The SMILES string of the molecule is CC(C)[n+]1ccccc1-c1ccccc1. The molecule has 0 radical (unpaired) electrons. The Bertz CT molecular complexity index is 432. The van der Waals surface area contributed by atoms with Gasteiger partial charge in [0.25, 0.3) is 0 Å². The molecular weight excluding hydrogens is 182 g/mol. The van der Waals surface area contributed by atoms with Gasteiger partial charge in [0.15, 0.2) is 12.2 Å². The highest BCUT2D eigenvalue weighted by Gasteiger charge is 2.13. The molecule has 0 N–H and O–H groups in total. The van der Waals surface area contributed by atoms with Gasteiger partial charge >= 0.3 is 0 Å². The van der Waals surface area contributed by atoms with Gasteiger partial charge in [-0.15, -0.1) is 0 Å². The van der Waals surface area contributed by atoms with Crippen molar-refractivity contribution in [2.75, 3.05) is 0 Å². The van der Waals surface area contributed by atoms with Crippen LogP contribution in [0.1, 0.15) is 19.9 Å². The highest BCUT2D eigenvalue weighted by Crippen LogP contribution is 2.15. The van der Waals surface area contributed by atoms with E-state index in [0.717, 1.165) is 0 Å². The Kier molecular flexibility index (Phi) is 2.82. The molecule has 2 aromatic rings. The Labute approximate surface area is 91.0 Å². The summed E-state index contributed by atoms with van der Waals surface area (Å²) in [5.74, 6) is 0. The summed E-state index contributed by atoms with van der Waals surface area (Å²) >= 11 is 0. The van der Waals surface area contributed by atoms with Crippen molar-refractivity contribution in [3.8, 4) is 11.3 Å². The van der Waals surface area contributed by atoms with Gasteiger partial charge < -0.3 is 0 Å². The quantitative estimate of drug-likeness (QED) is 0.652. The van der Waals surface area contributed by atoms with E-state index in [2.05, 4.69) is 67.1 Å². The van der Waals surface area contributed by atoms with Crippen LogP contribution < -0.4 is 4.57 Å². The van der Waals surface area contributed by atoms with E-state index in [9.17, 15) is 0 Å². The second kappa shape index (κ2) is 4.26. The number of hydrogen-bond acceptors (Lipinski definition) is 0. The molecule has 1 aromatic carbocycles. The summed E-state index contributed by atoms with van der Waals surface area (Å²) in [4.78, 5) is 0. The number of hydrogen-bond donors (Lipinski definition) is 0. The Morgan fingerprint density at radius 2 is 1.53 bits per heavy atom. The zero-order chi connectivity index (χ0) is 10.7. The van der Waals surface area contributed by atoms with Gasteiger partial charge in [0.1, 0.15) is 0 Å². The van der Waals surface area contributed by atoms with Crippen LogP contribution in [0.5, 0.6) is 0 Å². The minimum atomic E-state index is 0.487. The first kappa shape index (κ1) is 9.91. The van der Waals surface area contributed by atoms with Crippen LogP contribution >= 0.6 is 0 Å². The van der Waals surface area contributed by atoms with Gasteiger partial charge in [-0.25, -0.2) is 0 Å². The Morgan fingerprint density at radius 1 is 0.867 bits per heavy atom. The molecule has 0 aliphatic heterocycles. The lowest BCUT2D eigenvalue weighted by atomic mass is 10.1. The third-order valence-corrected chi connectivity index (χ3v) is 2.52. The molecule has 0 fully saturated rings. The summed E-state index contributed by atoms with van der Waals surface area (Å²) in [6.45, 7) is 4.40. The van der Waals surface area contributed by atoms with Crippen LogP contribution in [0.3, 0.4) is 0 Å². The second-order valence-electron chi connectivity index (χ2n) is 3.95.